The molecule has 1 spiro atoms. The van der Waals surface area contributed by atoms with Gasteiger partial charge in [0.1, 0.15) is 12.1 Å². The molecule has 0 radical (unpaired) electrons. The maximum absolute atomic E-state index is 13.0. The van der Waals surface area contributed by atoms with Crippen LogP contribution in [-0.2, 0) is 9.53 Å². The van der Waals surface area contributed by atoms with Crippen LogP contribution in [0.15, 0.2) is 30.6 Å². The lowest BCUT2D eigenvalue weighted by molar-refractivity contribution is -0.133. The Kier molecular flexibility index (Phi) is 5.56. The van der Waals surface area contributed by atoms with Gasteiger partial charge in [0.25, 0.3) is 0 Å². The maximum Gasteiger partial charge on any atom is 0.236 e. The van der Waals surface area contributed by atoms with Crippen molar-refractivity contribution in [1.82, 2.24) is 19.8 Å². The summed E-state index contributed by atoms with van der Waals surface area (Å²) in [7, 11) is 0. The van der Waals surface area contributed by atoms with Crippen molar-refractivity contribution < 1.29 is 9.53 Å². The summed E-state index contributed by atoms with van der Waals surface area (Å²) in [6.45, 7) is 6.44. The number of amides is 1. The van der Waals surface area contributed by atoms with Crippen molar-refractivity contribution in [3.63, 3.8) is 0 Å². The number of hydrogen-bond acceptors (Lipinski definition) is 6. The normalized spacial score (nSPS) is 25.7. The molecule has 30 heavy (non-hydrogen) atoms. The van der Waals surface area contributed by atoms with Gasteiger partial charge in [0, 0.05) is 43.6 Å². The lowest BCUT2D eigenvalue weighted by Gasteiger charge is -2.39. The predicted octanol–water partition coefficient (Wildman–Crippen LogP) is 2.31. The van der Waals surface area contributed by atoms with E-state index in [9.17, 15) is 4.79 Å². The van der Waals surface area contributed by atoms with Crippen molar-refractivity contribution in [3.05, 3.63) is 30.6 Å². The molecule has 7 heteroatoms. The number of likely N-dealkylation sites (tertiary alicyclic amines) is 1. The summed E-state index contributed by atoms with van der Waals surface area (Å²) in [6, 6.07) is 8.29. The van der Waals surface area contributed by atoms with Gasteiger partial charge in [-0.25, -0.2) is 9.97 Å². The molecule has 4 heterocycles. The SMILES string of the molecule is O=C(CN1CCOCC1)N1CCC[C@@]2(CCCN2c2ncnc3ccccc23)CC1. The Morgan fingerprint density at radius 1 is 0.967 bits per heavy atom. The molecule has 1 aromatic carbocycles. The Bertz CT molecular complexity index is 895. The average Bonchev–Trinajstić information content (AvgIpc) is 3.06. The minimum Gasteiger partial charge on any atom is -0.379 e. The van der Waals surface area contributed by atoms with Crippen molar-refractivity contribution >= 4 is 22.6 Å². The molecule has 3 aliphatic rings. The van der Waals surface area contributed by atoms with Crippen LogP contribution in [0, 0.1) is 0 Å². The first-order valence-corrected chi connectivity index (χ1v) is 11.3. The van der Waals surface area contributed by atoms with Gasteiger partial charge < -0.3 is 14.5 Å². The number of carbonyl (C=O) groups is 1. The van der Waals surface area contributed by atoms with E-state index in [-0.39, 0.29) is 11.4 Å². The lowest BCUT2D eigenvalue weighted by atomic mass is 9.87. The fourth-order valence-corrected chi connectivity index (χ4v) is 5.47. The monoisotopic (exact) mass is 409 g/mol. The van der Waals surface area contributed by atoms with Crippen molar-refractivity contribution in [2.75, 3.05) is 57.4 Å². The molecule has 3 aliphatic heterocycles. The van der Waals surface area contributed by atoms with Crippen molar-refractivity contribution in [2.24, 2.45) is 0 Å². The molecule has 0 aliphatic carbocycles. The largest absolute Gasteiger partial charge is 0.379 e. The summed E-state index contributed by atoms with van der Waals surface area (Å²) >= 11 is 0. The summed E-state index contributed by atoms with van der Waals surface area (Å²) in [6.07, 6.45) is 7.23. The Labute approximate surface area is 178 Å². The number of anilines is 1. The van der Waals surface area contributed by atoms with Gasteiger partial charge in [-0.2, -0.15) is 0 Å². The summed E-state index contributed by atoms with van der Waals surface area (Å²) < 4.78 is 5.41. The van der Waals surface area contributed by atoms with Crippen LogP contribution >= 0.6 is 0 Å². The first-order valence-electron chi connectivity index (χ1n) is 11.3. The zero-order valence-corrected chi connectivity index (χ0v) is 17.6. The summed E-state index contributed by atoms with van der Waals surface area (Å²) in [5, 5.41) is 1.13. The quantitative estimate of drug-likeness (QED) is 0.775. The van der Waals surface area contributed by atoms with E-state index in [4.69, 9.17) is 9.72 Å². The van der Waals surface area contributed by atoms with Crippen molar-refractivity contribution in [3.8, 4) is 0 Å². The van der Waals surface area contributed by atoms with Crippen molar-refractivity contribution in [2.45, 2.75) is 37.6 Å². The molecule has 5 rings (SSSR count). The standard InChI is InChI=1S/C23H31N5O2/c29-21(17-26-13-15-30-16-14-26)27-10-3-7-23(9-12-27)8-4-11-28(23)22-19-5-1-2-6-20(19)24-18-25-22/h1-2,5-6,18H,3-4,7-17H2/t23-/m1/s1. The van der Waals surface area contributed by atoms with Gasteiger partial charge in [-0.3, -0.25) is 9.69 Å². The molecule has 1 amide bonds. The van der Waals surface area contributed by atoms with E-state index < -0.39 is 0 Å². The molecule has 160 valence electrons. The number of morpholine rings is 1. The Balaban J connectivity index is 1.32. The maximum atomic E-state index is 13.0. The molecule has 0 saturated carbocycles. The third-order valence-corrected chi connectivity index (χ3v) is 7.11. The van der Waals surface area contributed by atoms with E-state index in [2.05, 4.69) is 37.9 Å². The van der Waals surface area contributed by atoms with E-state index >= 15 is 0 Å². The topological polar surface area (TPSA) is 61.8 Å². The van der Waals surface area contributed by atoms with E-state index in [0.717, 1.165) is 81.9 Å². The average molecular weight is 410 g/mol. The van der Waals surface area contributed by atoms with Gasteiger partial charge in [0.15, 0.2) is 0 Å². The molecule has 1 aromatic heterocycles. The second-order valence-electron chi connectivity index (χ2n) is 8.82. The van der Waals surface area contributed by atoms with Gasteiger partial charge in [-0.15, -0.1) is 0 Å². The Hall–Kier alpha value is -2.25. The van der Waals surface area contributed by atoms with Gasteiger partial charge in [0.05, 0.1) is 25.3 Å². The van der Waals surface area contributed by atoms with Gasteiger partial charge in [0.2, 0.25) is 5.91 Å². The number of para-hydroxylation sites is 1. The van der Waals surface area contributed by atoms with Crippen LogP contribution in [0.25, 0.3) is 10.9 Å². The van der Waals surface area contributed by atoms with E-state index in [0.29, 0.717) is 6.54 Å². The zero-order valence-electron chi connectivity index (χ0n) is 17.6. The summed E-state index contributed by atoms with van der Waals surface area (Å²) in [5.74, 6) is 1.33. The van der Waals surface area contributed by atoms with Gasteiger partial charge >= 0.3 is 0 Å². The Morgan fingerprint density at radius 2 is 1.77 bits per heavy atom. The number of ether oxygens (including phenoxy) is 1. The lowest BCUT2D eigenvalue weighted by Crippen LogP contribution is -2.47. The third kappa shape index (κ3) is 3.76. The van der Waals surface area contributed by atoms with E-state index in [1.807, 2.05) is 6.07 Å². The van der Waals surface area contributed by atoms with E-state index in [1.165, 1.54) is 12.8 Å². The fraction of sp³-hybridized carbons (Fsp3) is 0.609. The van der Waals surface area contributed by atoms with Crippen LogP contribution in [0.5, 0.6) is 0 Å². The molecule has 1 atom stereocenters. The molecule has 0 bridgehead atoms. The second-order valence-corrected chi connectivity index (χ2v) is 8.82. The second kappa shape index (κ2) is 8.47. The minimum atomic E-state index is 0.102. The smallest absolute Gasteiger partial charge is 0.236 e. The van der Waals surface area contributed by atoms with Gasteiger partial charge in [-0.05, 0) is 44.2 Å². The first-order chi connectivity index (χ1) is 14.8. The number of benzene rings is 1. The van der Waals surface area contributed by atoms with Crippen LogP contribution in [-0.4, -0.2) is 83.7 Å². The van der Waals surface area contributed by atoms with E-state index in [1.54, 1.807) is 6.33 Å². The zero-order chi connectivity index (χ0) is 20.4. The molecular formula is C23H31N5O2. The highest BCUT2D eigenvalue weighted by molar-refractivity contribution is 5.89. The number of nitrogens with zero attached hydrogens (tertiary/aromatic N) is 5. The molecule has 3 saturated heterocycles. The van der Waals surface area contributed by atoms with Crippen LogP contribution in [0.2, 0.25) is 0 Å². The number of hydrogen-bond donors (Lipinski definition) is 0. The van der Waals surface area contributed by atoms with Crippen LogP contribution in [0.3, 0.4) is 0 Å². The molecule has 7 nitrogen and oxygen atoms in total. The minimum absolute atomic E-state index is 0.102. The molecular weight excluding hydrogens is 378 g/mol. The summed E-state index contributed by atoms with van der Waals surface area (Å²) in [4.78, 5) is 29.0. The number of fused-ring (bicyclic) bond motifs is 1. The highest BCUT2D eigenvalue weighted by Crippen LogP contribution is 2.42. The fourth-order valence-electron chi connectivity index (χ4n) is 5.47. The molecule has 0 unspecified atom stereocenters. The molecule has 0 N–H and O–H groups in total. The van der Waals surface area contributed by atoms with Crippen LogP contribution < -0.4 is 4.90 Å². The molecule has 2 aromatic rings. The highest BCUT2D eigenvalue weighted by atomic mass is 16.5. The highest BCUT2D eigenvalue weighted by Gasteiger charge is 2.43. The molecule has 3 fully saturated rings. The van der Waals surface area contributed by atoms with Crippen LogP contribution in [0.4, 0.5) is 5.82 Å². The number of aromatic nitrogens is 2. The van der Waals surface area contributed by atoms with Crippen molar-refractivity contribution in [1.29, 1.82) is 0 Å². The third-order valence-electron chi connectivity index (χ3n) is 7.11. The summed E-state index contributed by atoms with van der Waals surface area (Å²) in [5.41, 5.74) is 1.10. The van der Waals surface area contributed by atoms with Crippen LogP contribution in [0.1, 0.15) is 32.1 Å². The first kappa shape index (κ1) is 19.7. The number of rotatable bonds is 3. The van der Waals surface area contributed by atoms with Gasteiger partial charge in [-0.1, -0.05) is 12.1 Å². The number of carbonyl (C=O) groups excluding carboxylic acids is 1. The Morgan fingerprint density at radius 3 is 2.63 bits per heavy atom. The predicted molar refractivity (Wildman–Crippen MR) is 117 cm³/mol.